The van der Waals surface area contributed by atoms with E-state index in [1.165, 1.54) is 6.07 Å². The van der Waals surface area contributed by atoms with Gasteiger partial charge in [-0.2, -0.15) is 11.8 Å². The van der Waals surface area contributed by atoms with Gasteiger partial charge in [0.15, 0.2) is 0 Å². The van der Waals surface area contributed by atoms with Crippen LogP contribution in [0.4, 0.5) is 9.18 Å². The van der Waals surface area contributed by atoms with E-state index in [0.29, 0.717) is 36.9 Å². The lowest BCUT2D eigenvalue weighted by Crippen LogP contribution is -2.45. The molecule has 1 saturated heterocycles. The molecule has 1 aromatic carbocycles. The van der Waals surface area contributed by atoms with Crippen LogP contribution in [0.2, 0.25) is 0 Å². The van der Waals surface area contributed by atoms with Crippen molar-refractivity contribution in [2.75, 3.05) is 32.0 Å². The highest BCUT2D eigenvalue weighted by atomic mass is 32.2. The van der Waals surface area contributed by atoms with Crippen molar-refractivity contribution in [3.63, 3.8) is 0 Å². The number of aliphatic hydroxyl groups is 1. The van der Waals surface area contributed by atoms with Gasteiger partial charge in [0.1, 0.15) is 5.82 Å². The number of thioether (sulfide) groups is 1. The number of nitrogens with one attached hydrogen (secondary N) is 1. The molecule has 2 N–H and O–H groups in total. The van der Waals surface area contributed by atoms with Gasteiger partial charge in [-0.25, -0.2) is 9.18 Å². The van der Waals surface area contributed by atoms with E-state index >= 15 is 0 Å². The molecule has 1 aromatic rings. The lowest BCUT2D eigenvalue weighted by atomic mass is 9.98. The van der Waals surface area contributed by atoms with E-state index in [9.17, 15) is 9.18 Å². The molecule has 1 fully saturated rings. The molecule has 0 radical (unpaired) electrons. The summed E-state index contributed by atoms with van der Waals surface area (Å²) >= 11 is 1.61. The molecule has 1 aliphatic rings. The SMILES string of the molecule is O=C(NCCSCc1ccccc1F)N1CCC(CO)CC1. The van der Waals surface area contributed by atoms with Crippen LogP contribution >= 0.6 is 11.8 Å². The number of hydrogen-bond acceptors (Lipinski definition) is 3. The molecule has 6 heteroatoms. The van der Waals surface area contributed by atoms with Gasteiger partial charge in [0.25, 0.3) is 0 Å². The van der Waals surface area contributed by atoms with Gasteiger partial charge in [0, 0.05) is 37.7 Å². The van der Waals surface area contributed by atoms with Crippen molar-refractivity contribution in [2.45, 2.75) is 18.6 Å². The van der Waals surface area contributed by atoms with Crippen LogP contribution in [0.1, 0.15) is 18.4 Å². The second kappa shape index (κ2) is 9.00. The highest BCUT2D eigenvalue weighted by molar-refractivity contribution is 7.98. The number of carbonyl (C=O) groups excluding carboxylic acids is 1. The van der Waals surface area contributed by atoms with Gasteiger partial charge in [0.05, 0.1) is 0 Å². The predicted octanol–water partition coefficient (Wildman–Crippen LogP) is 2.47. The van der Waals surface area contributed by atoms with Gasteiger partial charge in [-0.05, 0) is 30.4 Å². The fraction of sp³-hybridized carbons (Fsp3) is 0.562. The van der Waals surface area contributed by atoms with Crippen LogP contribution in [0.25, 0.3) is 0 Å². The first-order chi connectivity index (χ1) is 10.7. The Morgan fingerprint density at radius 3 is 2.77 bits per heavy atom. The number of aliphatic hydroxyl groups excluding tert-OH is 1. The molecule has 2 rings (SSSR count). The quantitative estimate of drug-likeness (QED) is 0.790. The second-order valence-corrected chi connectivity index (χ2v) is 6.59. The topological polar surface area (TPSA) is 52.6 Å². The molecule has 0 atom stereocenters. The maximum Gasteiger partial charge on any atom is 0.317 e. The van der Waals surface area contributed by atoms with Crippen LogP contribution in [-0.2, 0) is 5.75 Å². The zero-order valence-electron chi connectivity index (χ0n) is 12.6. The first-order valence-corrected chi connectivity index (χ1v) is 8.81. The molecular formula is C16H23FN2O2S. The summed E-state index contributed by atoms with van der Waals surface area (Å²) in [4.78, 5) is 13.8. The fourth-order valence-corrected chi connectivity index (χ4v) is 3.30. The summed E-state index contributed by atoms with van der Waals surface area (Å²) in [6.07, 6.45) is 1.73. The van der Waals surface area contributed by atoms with Gasteiger partial charge in [0.2, 0.25) is 0 Å². The molecule has 1 heterocycles. The Labute approximate surface area is 135 Å². The van der Waals surface area contributed by atoms with Crippen molar-refractivity contribution >= 4 is 17.8 Å². The van der Waals surface area contributed by atoms with Gasteiger partial charge >= 0.3 is 6.03 Å². The predicted molar refractivity (Wildman–Crippen MR) is 87.3 cm³/mol. The maximum atomic E-state index is 13.4. The van der Waals surface area contributed by atoms with E-state index < -0.39 is 0 Å². The largest absolute Gasteiger partial charge is 0.396 e. The summed E-state index contributed by atoms with van der Waals surface area (Å²) in [5, 5.41) is 12.0. The Kier molecular flexibility index (Phi) is 6.99. The Morgan fingerprint density at radius 1 is 1.36 bits per heavy atom. The van der Waals surface area contributed by atoms with Crippen LogP contribution in [0.3, 0.4) is 0 Å². The second-order valence-electron chi connectivity index (χ2n) is 5.49. The smallest absolute Gasteiger partial charge is 0.317 e. The first-order valence-electron chi connectivity index (χ1n) is 7.65. The molecule has 2 amide bonds. The van der Waals surface area contributed by atoms with Crippen LogP contribution in [0, 0.1) is 11.7 Å². The molecule has 22 heavy (non-hydrogen) atoms. The average molecular weight is 326 g/mol. The van der Waals surface area contributed by atoms with Gasteiger partial charge in [-0.1, -0.05) is 18.2 Å². The summed E-state index contributed by atoms with van der Waals surface area (Å²) in [6, 6.07) is 6.73. The molecule has 0 unspecified atom stereocenters. The number of halogens is 1. The van der Waals surface area contributed by atoms with E-state index in [1.807, 2.05) is 6.07 Å². The molecule has 0 spiro atoms. The number of rotatable bonds is 6. The summed E-state index contributed by atoms with van der Waals surface area (Å²) in [5.41, 5.74) is 0.699. The Morgan fingerprint density at radius 2 is 2.09 bits per heavy atom. The zero-order chi connectivity index (χ0) is 15.8. The Bertz CT molecular complexity index is 479. The summed E-state index contributed by atoms with van der Waals surface area (Å²) in [7, 11) is 0. The number of likely N-dealkylation sites (tertiary alicyclic amines) is 1. The average Bonchev–Trinajstić information content (AvgIpc) is 2.56. The van der Waals surface area contributed by atoms with Gasteiger partial charge in [-0.15, -0.1) is 0 Å². The van der Waals surface area contributed by atoms with Crippen LogP contribution in [0.15, 0.2) is 24.3 Å². The number of hydrogen-bond donors (Lipinski definition) is 2. The fourth-order valence-electron chi connectivity index (χ4n) is 2.46. The summed E-state index contributed by atoms with van der Waals surface area (Å²) < 4.78 is 13.4. The van der Waals surface area contributed by atoms with Crippen LogP contribution in [-0.4, -0.2) is 48.0 Å². The van der Waals surface area contributed by atoms with E-state index in [2.05, 4.69) is 5.32 Å². The number of nitrogens with zero attached hydrogens (tertiary/aromatic N) is 1. The zero-order valence-corrected chi connectivity index (χ0v) is 13.4. The van der Waals surface area contributed by atoms with E-state index in [1.54, 1.807) is 28.8 Å². The first kappa shape index (κ1) is 17.1. The molecule has 0 aliphatic carbocycles. The third-order valence-electron chi connectivity index (χ3n) is 3.90. The van der Waals surface area contributed by atoms with Gasteiger partial charge in [-0.3, -0.25) is 0 Å². The van der Waals surface area contributed by atoms with Crippen molar-refractivity contribution in [1.82, 2.24) is 10.2 Å². The molecule has 1 aliphatic heterocycles. The van der Waals surface area contributed by atoms with Crippen molar-refractivity contribution in [3.8, 4) is 0 Å². The lowest BCUT2D eigenvalue weighted by Gasteiger charge is -2.31. The third kappa shape index (κ3) is 5.18. The molecule has 0 bridgehead atoms. The Balaban J connectivity index is 1.59. The molecular weight excluding hydrogens is 303 g/mol. The van der Waals surface area contributed by atoms with Crippen LogP contribution < -0.4 is 5.32 Å². The number of urea groups is 1. The minimum Gasteiger partial charge on any atom is -0.396 e. The number of amides is 2. The van der Waals surface area contributed by atoms with E-state index in [4.69, 9.17) is 5.11 Å². The minimum atomic E-state index is -0.175. The highest BCUT2D eigenvalue weighted by Crippen LogP contribution is 2.17. The summed E-state index contributed by atoms with van der Waals surface area (Å²) in [6.45, 7) is 2.21. The standard InChI is InChI=1S/C16H23FN2O2S/c17-15-4-2-1-3-14(15)12-22-10-7-18-16(21)19-8-5-13(11-20)6-9-19/h1-4,13,20H,5-12H2,(H,18,21). The van der Waals surface area contributed by atoms with Crippen molar-refractivity contribution < 1.29 is 14.3 Å². The molecule has 4 nitrogen and oxygen atoms in total. The molecule has 0 saturated carbocycles. The van der Waals surface area contributed by atoms with Crippen molar-refractivity contribution in [1.29, 1.82) is 0 Å². The molecule has 0 aromatic heterocycles. The van der Waals surface area contributed by atoms with Crippen molar-refractivity contribution in [2.24, 2.45) is 5.92 Å². The number of carbonyl (C=O) groups is 1. The lowest BCUT2D eigenvalue weighted by molar-refractivity contribution is 0.137. The highest BCUT2D eigenvalue weighted by Gasteiger charge is 2.21. The normalized spacial score (nSPS) is 15.8. The monoisotopic (exact) mass is 326 g/mol. The summed E-state index contributed by atoms with van der Waals surface area (Å²) in [5.74, 6) is 1.53. The Hall–Kier alpha value is -1.27. The third-order valence-corrected chi connectivity index (χ3v) is 4.91. The van der Waals surface area contributed by atoms with Gasteiger partial charge < -0.3 is 15.3 Å². The number of benzene rings is 1. The molecule has 122 valence electrons. The van der Waals surface area contributed by atoms with Crippen LogP contribution in [0.5, 0.6) is 0 Å². The van der Waals surface area contributed by atoms with E-state index in [0.717, 1.165) is 18.6 Å². The minimum absolute atomic E-state index is 0.0390. The maximum absolute atomic E-state index is 13.4. The number of piperidine rings is 1. The van der Waals surface area contributed by atoms with Crippen molar-refractivity contribution in [3.05, 3.63) is 35.6 Å². The van der Waals surface area contributed by atoms with E-state index in [-0.39, 0.29) is 18.5 Å².